The summed E-state index contributed by atoms with van der Waals surface area (Å²) in [4.78, 5) is 30.9. The molecule has 0 radical (unpaired) electrons. The highest BCUT2D eigenvalue weighted by Crippen LogP contribution is 2.43. The zero-order valence-electron chi connectivity index (χ0n) is 20.3. The first-order valence-electron chi connectivity index (χ1n) is 12.2. The lowest BCUT2D eigenvalue weighted by Crippen LogP contribution is -2.34. The molecule has 184 valence electrons. The standard InChI is InChI=1S/C29H25N5O3/c1-19-10-12-20(13-11-19)17-33-18-31-27-23(29(33)36)16-32-34(27)15-14-30-28(35)26-21-6-2-4-8-24(21)37-25-9-5-3-7-22(25)26/h2-13,16,18,26H,14-15,17H2,1H3,(H,30,35). The van der Waals surface area contributed by atoms with Crippen molar-refractivity contribution >= 4 is 16.9 Å². The largest absolute Gasteiger partial charge is 0.457 e. The number of carbonyl (C=O) groups is 1. The third-order valence-corrected chi connectivity index (χ3v) is 6.66. The van der Waals surface area contributed by atoms with E-state index in [0.29, 0.717) is 42.2 Å². The first kappa shape index (κ1) is 22.7. The molecule has 0 atom stereocenters. The van der Waals surface area contributed by atoms with Crippen molar-refractivity contribution in [2.24, 2.45) is 0 Å². The second-order valence-corrected chi connectivity index (χ2v) is 9.17. The number of aromatic nitrogens is 4. The van der Waals surface area contributed by atoms with Gasteiger partial charge in [-0.2, -0.15) is 5.10 Å². The van der Waals surface area contributed by atoms with Gasteiger partial charge in [0.25, 0.3) is 5.56 Å². The van der Waals surface area contributed by atoms with Gasteiger partial charge in [-0.25, -0.2) is 9.67 Å². The molecular formula is C29H25N5O3. The maximum absolute atomic E-state index is 13.3. The van der Waals surface area contributed by atoms with Crippen LogP contribution in [0.1, 0.15) is 28.2 Å². The topological polar surface area (TPSA) is 91.0 Å². The summed E-state index contributed by atoms with van der Waals surface area (Å²) in [7, 11) is 0. The first-order valence-corrected chi connectivity index (χ1v) is 12.2. The summed E-state index contributed by atoms with van der Waals surface area (Å²) >= 11 is 0. The highest BCUT2D eigenvalue weighted by atomic mass is 16.5. The molecule has 0 saturated carbocycles. The quantitative estimate of drug-likeness (QED) is 0.388. The summed E-state index contributed by atoms with van der Waals surface area (Å²) in [5.41, 5.74) is 4.22. The number of ether oxygens (including phenoxy) is 1. The molecule has 3 heterocycles. The molecule has 0 spiro atoms. The number of hydrogen-bond acceptors (Lipinski definition) is 5. The predicted octanol–water partition coefficient (Wildman–Crippen LogP) is 4.00. The third-order valence-electron chi connectivity index (χ3n) is 6.66. The second kappa shape index (κ2) is 9.39. The molecule has 6 rings (SSSR count). The Hall–Kier alpha value is -4.72. The van der Waals surface area contributed by atoms with Gasteiger partial charge in [0, 0.05) is 17.7 Å². The van der Waals surface area contributed by atoms with E-state index in [2.05, 4.69) is 15.4 Å². The molecule has 3 aromatic carbocycles. The molecule has 0 fully saturated rings. The number of nitrogens with one attached hydrogen (secondary N) is 1. The van der Waals surface area contributed by atoms with Gasteiger partial charge in [0.2, 0.25) is 5.91 Å². The molecule has 8 nitrogen and oxygen atoms in total. The maximum Gasteiger partial charge on any atom is 0.264 e. The summed E-state index contributed by atoms with van der Waals surface area (Å²) in [6.45, 7) is 3.20. The first-order chi connectivity index (χ1) is 18.1. The van der Waals surface area contributed by atoms with Crippen LogP contribution in [0.15, 0.2) is 90.1 Å². The van der Waals surface area contributed by atoms with E-state index in [1.165, 1.54) is 5.56 Å². The maximum atomic E-state index is 13.3. The van der Waals surface area contributed by atoms with E-state index < -0.39 is 5.92 Å². The van der Waals surface area contributed by atoms with E-state index in [9.17, 15) is 9.59 Å². The number of benzene rings is 3. The smallest absolute Gasteiger partial charge is 0.264 e. The third kappa shape index (κ3) is 4.27. The molecule has 8 heteroatoms. The summed E-state index contributed by atoms with van der Waals surface area (Å²) in [5, 5.41) is 7.85. The van der Waals surface area contributed by atoms with Crippen LogP contribution in [0.2, 0.25) is 0 Å². The number of fused-ring (bicyclic) bond motifs is 3. The van der Waals surface area contributed by atoms with E-state index in [-0.39, 0.29) is 11.5 Å². The van der Waals surface area contributed by atoms with Crippen LogP contribution in [0.3, 0.4) is 0 Å². The fourth-order valence-corrected chi connectivity index (χ4v) is 4.74. The van der Waals surface area contributed by atoms with Crippen molar-refractivity contribution in [2.75, 3.05) is 6.54 Å². The van der Waals surface area contributed by atoms with Crippen molar-refractivity contribution in [1.29, 1.82) is 0 Å². The molecule has 37 heavy (non-hydrogen) atoms. The molecule has 0 unspecified atom stereocenters. The zero-order valence-corrected chi connectivity index (χ0v) is 20.3. The SMILES string of the molecule is Cc1ccc(Cn2cnc3c(cnn3CCNC(=O)C3c4ccccc4Oc4ccccc43)c2=O)cc1. The Morgan fingerprint density at radius 3 is 2.35 bits per heavy atom. The number of para-hydroxylation sites is 2. The second-order valence-electron chi connectivity index (χ2n) is 9.17. The number of hydrogen-bond donors (Lipinski definition) is 1. The minimum atomic E-state index is -0.470. The molecule has 0 aliphatic carbocycles. The molecular weight excluding hydrogens is 466 g/mol. The molecule has 1 aliphatic heterocycles. The fraction of sp³-hybridized carbons (Fsp3) is 0.172. The monoisotopic (exact) mass is 491 g/mol. The lowest BCUT2D eigenvalue weighted by Gasteiger charge is -2.27. The molecule has 2 aromatic heterocycles. The van der Waals surface area contributed by atoms with Gasteiger partial charge in [-0.3, -0.25) is 14.2 Å². The zero-order chi connectivity index (χ0) is 25.4. The van der Waals surface area contributed by atoms with Crippen LogP contribution < -0.4 is 15.6 Å². The highest BCUT2D eigenvalue weighted by Gasteiger charge is 2.32. The Kier molecular flexibility index (Phi) is 5.76. The van der Waals surface area contributed by atoms with E-state index in [1.807, 2.05) is 79.7 Å². The van der Waals surface area contributed by atoms with E-state index >= 15 is 0 Å². The van der Waals surface area contributed by atoms with Gasteiger partial charge in [-0.1, -0.05) is 66.2 Å². The van der Waals surface area contributed by atoms with Crippen LogP contribution >= 0.6 is 0 Å². The van der Waals surface area contributed by atoms with Crippen molar-refractivity contribution < 1.29 is 9.53 Å². The van der Waals surface area contributed by atoms with Gasteiger partial charge in [0.1, 0.15) is 23.2 Å². The minimum Gasteiger partial charge on any atom is -0.457 e. The van der Waals surface area contributed by atoms with Crippen LogP contribution in [-0.2, 0) is 17.9 Å². The molecule has 0 saturated heterocycles. The predicted molar refractivity (Wildman–Crippen MR) is 140 cm³/mol. The minimum absolute atomic E-state index is 0.118. The molecule has 1 N–H and O–H groups in total. The average Bonchev–Trinajstić information content (AvgIpc) is 3.33. The number of amides is 1. The summed E-state index contributed by atoms with van der Waals surface area (Å²) < 4.78 is 9.23. The molecule has 5 aromatic rings. The lowest BCUT2D eigenvalue weighted by molar-refractivity contribution is -0.121. The summed E-state index contributed by atoms with van der Waals surface area (Å²) in [5.74, 6) is 0.784. The van der Waals surface area contributed by atoms with Gasteiger partial charge in [0.05, 0.1) is 25.2 Å². The van der Waals surface area contributed by atoms with E-state index in [1.54, 1.807) is 21.8 Å². The molecule has 1 aliphatic rings. The molecule has 0 bridgehead atoms. The van der Waals surface area contributed by atoms with Gasteiger partial charge in [-0.15, -0.1) is 0 Å². The van der Waals surface area contributed by atoms with Crippen molar-refractivity contribution in [3.8, 4) is 11.5 Å². The van der Waals surface area contributed by atoms with Gasteiger partial charge >= 0.3 is 0 Å². The lowest BCUT2D eigenvalue weighted by atomic mass is 9.87. The average molecular weight is 492 g/mol. The number of rotatable bonds is 6. The van der Waals surface area contributed by atoms with Crippen LogP contribution in [-0.4, -0.2) is 31.8 Å². The Morgan fingerprint density at radius 1 is 0.973 bits per heavy atom. The highest BCUT2D eigenvalue weighted by molar-refractivity contribution is 5.89. The Bertz CT molecular complexity index is 1620. The van der Waals surface area contributed by atoms with Crippen molar-refractivity contribution in [1.82, 2.24) is 24.6 Å². The van der Waals surface area contributed by atoms with Crippen molar-refractivity contribution in [3.63, 3.8) is 0 Å². The summed E-state index contributed by atoms with van der Waals surface area (Å²) in [6.07, 6.45) is 3.10. The number of aryl methyl sites for hydroxylation is 1. The molecule has 1 amide bonds. The van der Waals surface area contributed by atoms with E-state index in [4.69, 9.17) is 4.74 Å². The normalized spacial score (nSPS) is 12.6. The van der Waals surface area contributed by atoms with Crippen molar-refractivity contribution in [2.45, 2.75) is 25.9 Å². The van der Waals surface area contributed by atoms with Crippen LogP contribution in [0.25, 0.3) is 11.0 Å². The van der Waals surface area contributed by atoms with Gasteiger partial charge in [0.15, 0.2) is 5.65 Å². The Labute approximate surface area is 213 Å². The number of nitrogens with zero attached hydrogens (tertiary/aromatic N) is 4. The van der Waals surface area contributed by atoms with E-state index in [0.717, 1.165) is 16.7 Å². The Balaban J connectivity index is 1.18. The van der Waals surface area contributed by atoms with Gasteiger partial charge in [-0.05, 0) is 24.6 Å². The van der Waals surface area contributed by atoms with Crippen molar-refractivity contribution in [3.05, 3.63) is 118 Å². The number of carbonyl (C=O) groups excluding carboxylic acids is 1. The van der Waals surface area contributed by atoms with Gasteiger partial charge < -0.3 is 10.1 Å². The summed E-state index contributed by atoms with van der Waals surface area (Å²) in [6, 6.07) is 23.3. The van der Waals surface area contributed by atoms with Crippen LogP contribution in [0, 0.1) is 6.92 Å². The van der Waals surface area contributed by atoms with Crippen LogP contribution in [0.4, 0.5) is 0 Å². The Morgan fingerprint density at radius 2 is 1.65 bits per heavy atom. The van der Waals surface area contributed by atoms with Crippen LogP contribution in [0.5, 0.6) is 11.5 Å². The fourth-order valence-electron chi connectivity index (χ4n) is 4.74.